The van der Waals surface area contributed by atoms with Gasteiger partial charge in [0.25, 0.3) is 0 Å². The molecule has 0 saturated heterocycles. The van der Waals surface area contributed by atoms with E-state index in [1.807, 2.05) is 0 Å². The van der Waals surface area contributed by atoms with Gasteiger partial charge in [0, 0.05) is 0 Å². The first kappa shape index (κ1) is 29.7. The SMILES string of the molecule is NP([O-])[O-].NP([O-])[O-].NP([O-])[O-].[Cr+3].[Cr+3]. The van der Waals surface area contributed by atoms with Gasteiger partial charge in [-0.2, -0.15) is 0 Å². The van der Waals surface area contributed by atoms with Crippen LogP contribution in [0.15, 0.2) is 0 Å². The second kappa shape index (κ2) is 24.3. The molecule has 0 rings (SSSR count). The molecule has 2 radical (unpaired) electrons. The van der Waals surface area contributed by atoms with Gasteiger partial charge in [-0.1, -0.05) is 0 Å². The molecule has 0 unspecified atom stereocenters. The van der Waals surface area contributed by atoms with E-state index in [1.165, 1.54) is 0 Å². The van der Waals surface area contributed by atoms with E-state index in [2.05, 4.69) is 16.5 Å². The normalized spacial score (nSPS) is 7.71. The summed E-state index contributed by atoms with van der Waals surface area (Å²) >= 11 is 0. The van der Waals surface area contributed by atoms with Crippen LogP contribution in [0.1, 0.15) is 0 Å². The third-order valence-corrected chi connectivity index (χ3v) is 0. The van der Waals surface area contributed by atoms with E-state index in [1.54, 1.807) is 0 Å². The first-order valence-corrected chi connectivity index (χ1v) is 5.61. The summed E-state index contributed by atoms with van der Waals surface area (Å²) in [5.74, 6) is 0. The molecule has 0 aromatic carbocycles. The van der Waals surface area contributed by atoms with Crippen LogP contribution in [0.5, 0.6) is 0 Å². The van der Waals surface area contributed by atoms with Gasteiger partial charge in [0.05, 0.1) is 0 Å². The third-order valence-electron chi connectivity index (χ3n) is 0. The Labute approximate surface area is 106 Å². The van der Waals surface area contributed by atoms with E-state index in [-0.39, 0.29) is 34.7 Å². The maximum Gasteiger partial charge on any atom is 3.00 e. The van der Waals surface area contributed by atoms with Gasteiger partial charge >= 0.3 is 34.7 Å². The van der Waals surface area contributed by atoms with Crippen molar-refractivity contribution in [3.8, 4) is 0 Å². The molecule has 0 amide bonds. The van der Waals surface area contributed by atoms with Gasteiger partial charge in [-0.15, -0.1) is 0 Å². The third kappa shape index (κ3) is 594. The van der Waals surface area contributed by atoms with Crippen LogP contribution in [-0.2, 0) is 34.7 Å². The molecule has 0 aromatic rings. The number of hydrogen-bond acceptors (Lipinski definition) is 9. The molecule has 0 saturated carbocycles. The zero-order chi connectivity index (χ0) is 10.7. The summed E-state index contributed by atoms with van der Waals surface area (Å²) in [4.78, 5) is 52.9. The van der Waals surface area contributed by atoms with Crippen LogP contribution in [0.2, 0.25) is 0 Å². The van der Waals surface area contributed by atoms with Crippen molar-refractivity contribution in [3.63, 3.8) is 0 Å². The van der Waals surface area contributed by atoms with Gasteiger partial charge < -0.3 is 45.9 Å². The van der Waals surface area contributed by atoms with E-state index in [9.17, 15) is 0 Å². The Morgan fingerprint density at radius 3 is 0.500 bits per heavy atom. The largest absolute Gasteiger partial charge is 3.00 e. The van der Waals surface area contributed by atoms with Crippen molar-refractivity contribution in [3.05, 3.63) is 0 Å². The molecular weight excluding hydrogens is 335 g/mol. The maximum absolute atomic E-state index is 8.81. The average Bonchev–Trinajstić information content (AvgIpc) is 1.54. The topological polar surface area (TPSA) is 216 Å². The van der Waals surface area contributed by atoms with Crippen molar-refractivity contribution >= 4 is 25.6 Å². The Hall–Kier alpha value is 1.99. The fraction of sp³-hybridized carbons (Fsp3) is 0. The van der Waals surface area contributed by atoms with Crippen LogP contribution in [0.3, 0.4) is 0 Å². The second-order valence-corrected chi connectivity index (χ2v) is 2.57. The molecular formula is H6Cr2N3O6P3. The molecule has 14 heavy (non-hydrogen) atoms. The van der Waals surface area contributed by atoms with Crippen molar-refractivity contribution in [2.75, 3.05) is 0 Å². The molecule has 0 aliphatic rings. The van der Waals surface area contributed by atoms with Crippen molar-refractivity contribution in [1.29, 1.82) is 0 Å². The summed E-state index contributed by atoms with van der Waals surface area (Å²) < 4.78 is 0. The van der Waals surface area contributed by atoms with Crippen LogP contribution in [-0.4, -0.2) is 0 Å². The molecule has 0 fully saturated rings. The van der Waals surface area contributed by atoms with Crippen LogP contribution < -0.4 is 45.9 Å². The Kier molecular flexibility index (Phi) is 51.6. The Balaban J connectivity index is -0.0000000270. The molecule has 0 atom stereocenters. The minimum Gasteiger partial charge on any atom is -0.830 e. The summed E-state index contributed by atoms with van der Waals surface area (Å²) in [6.07, 6.45) is 0. The van der Waals surface area contributed by atoms with Gasteiger partial charge in [0.1, 0.15) is 0 Å². The zero-order valence-corrected chi connectivity index (χ0v) is 11.6. The molecule has 6 N–H and O–H groups in total. The minimum absolute atomic E-state index is 0. The molecule has 0 aliphatic heterocycles. The van der Waals surface area contributed by atoms with E-state index in [0.717, 1.165) is 0 Å². The van der Waals surface area contributed by atoms with Gasteiger partial charge in [-0.25, -0.2) is 25.6 Å². The number of hydrogen-bond donors (Lipinski definition) is 3. The van der Waals surface area contributed by atoms with Gasteiger partial charge in [-0.3, -0.25) is 0 Å². The minimum atomic E-state index is -2.62. The first-order valence-electron chi connectivity index (χ1n) is 1.87. The smallest absolute Gasteiger partial charge is 0.830 e. The molecule has 0 aromatic heterocycles. The molecule has 0 heterocycles. The van der Waals surface area contributed by atoms with Crippen molar-refractivity contribution < 1.29 is 64.1 Å². The quantitative estimate of drug-likeness (QED) is 0.356. The summed E-state index contributed by atoms with van der Waals surface area (Å²) in [5.41, 5.74) is 12.2. The molecule has 84 valence electrons. The van der Waals surface area contributed by atoms with E-state index in [4.69, 9.17) is 29.4 Å². The molecule has 14 heteroatoms. The van der Waals surface area contributed by atoms with Crippen LogP contribution >= 0.6 is 25.6 Å². The predicted molar refractivity (Wildman–Crippen MR) is 33.3 cm³/mol. The van der Waals surface area contributed by atoms with Crippen LogP contribution in [0.4, 0.5) is 0 Å². The Morgan fingerprint density at radius 2 is 0.500 bits per heavy atom. The molecule has 0 bridgehead atoms. The van der Waals surface area contributed by atoms with Crippen LogP contribution in [0, 0.1) is 0 Å². The van der Waals surface area contributed by atoms with E-state index in [0.29, 0.717) is 0 Å². The number of nitrogens with two attached hydrogens (primary N) is 3. The molecule has 0 spiro atoms. The molecule has 9 nitrogen and oxygen atoms in total. The van der Waals surface area contributed by atoms with Gasteiger partial charge in [0.2, 0.25) is 0 Å². The monoisotopic (exact) mass is 341 g/mol. The van der Waals surface area contributed by atoms with E-state index < -0.39 is 25.6 Å². The fourth-order valence-electron chi connectivity index (χ4n) is 0. The first-order chi connectivity index (χ1) is 5.20. The standard InChI is InChI=1S/2Cr.3H2NO2P/c;;3*1-4(2)3/h;;3*1H2/q2*+3;3*-2. The molecule has 0 aliphatic carbocycles. The maximum atomic E-state index is 8.81. The second-order valence-electron chi connectivity index (χ2n) is 0.856. The Bertz CT molecular complexity index is 54.8. The summed E-state index contributed by atoms with van der Waals surface area (Å²) in [6, 6.07) is 0. The summed E-state index contributed by atoms with van der Waals surface area (Å²) in [7, 11) is -7.86. The number of rotatable bonds is 0. The predicted octanol–water partition coefficient (Wildman–Crippen LogP) is -6.33. The zero-order valence-electron chi connectivity index (χ0n) is 6.34. The van der Waals surface area contributed by atoms with Crippen molar-refractivity contribution in [2.24, 2.45) is 16.5 Å². The summed E-state index contributed by atoms with van der Waals surface area (Å²) in [5, 5.41) is 0. The Morgan fingerprint density at radius 1 is 0.500 bits per heavy atom. The van der Waals surface area contributed by atoms with Gasteiger partial charge in [0.15, 0.2) is 0 Å². The fourth-order valence-corrected chi connectivity index (χ4v) is 0. The van der Waals surface area contributed by atoms with Crippen molar-refractivity contribution in [1.82, 2.24) is 0 Å². The summed E-state index contributed by atoms with van der Waals surface area (Å²) in [6.45, 7) is 0. The van der Waals surface area contributed by atoms with Crippen molar-refractivity contribution in [2.45, 2.75) is 0 Å². The van der Waals surface area contributed by atoms with E-state index >= 15 is 0 Å². The van der Waals surface area contributed by atoms with Gasteiger partial charge in [-0.05, 0) is 0 Å². The van der Waals surface area contributed by atoms with Crippen LogP contribution in [0.25, 0.3) is 0 Å². The average molecular weight is 341 g/mol.